The van der Waals surface area contributed by atoms with Crippen LogP contribution in [0.25, 0.3) is 5.78 Å². The number of hydrogen-bond acceptors (Lipinski definition) is 4. The molecule has 0 aliphatic heterocycles. The Hall–Kier alpha value is -1.98. The lowest BCUT2D eigenvalue weighted by Crippen LogP contribution is -1.98. The molecule has 2 aromatic rings. The molecule has 0 unspecified atom stereocenters. The smallest absolute Gasteiger partial charge is 0.303 e. The van der Waals surface area contributed by atoms with Gasteiger partial charge in [0.15, 0.2) is 0 Å². The molecular weight excluding hydrogens is 208 g/mol. The van der Waals surface area contributed by atoms with Gasteiger partial charge in [-0.2, -0.15) is 0 Å². The average molecular weight is 220 g/mol. The van der Waals surface area contributed by atoms with Gasteiger partial charge in [0.1, 0.15) is 5.82 Å². The van der Waals surface area contributed by atoms with Crippen LogP contribution in [0.3, 0.4) is 0 Å². The lowest BCUT2D eigenvalue weighted by atomic mass is 10.2. The molecule has 0 amide bonds. The molecule has 6 heteroatoms. The summed E-state index contributed by atoms with van der Waals surface area (Å²) in [5.74, 6) is 0.650. The quantitative estimate of drug-likeness (QED) is 0.758. The van der Waals surface area contributed by atoms with Crippen molar-refractivity contribution >= 4 is 11.7 Å². The molecule has 2 aromatic heterocycles. The van der Waals surface area contributed by atoms with Crippen LogP contribution in [0.1, 0.15) is 25.1 Å². The molecule has 0 saturated carbocycles. The summed E-state index contributed by atoms with van der Waals surface area (Å²) in [4.78, 5) is 14.4. The molecule has 0 atom stereocenters. The van der Waals surface area contributed by atoms with E-state index in [1.807, 2.05) is 16.7 Å². The Kier molecular flexibility index (Phi) is 3.09. The first-order chi connectivity index (χ1) is 7.77. The van der Waals surface area contributed by atoms with Gasteiger partial charge in [-0.05, 0) is 18.9 Å². The molecule has 16 heavy (non-hydrogen) atoms. The SMILES string of the molecule is O=C(O)CCCCc1nnc2ncccn12. The minimum Gasteiger partial charge on any atom is -0.481 e. The zero-order valence-corrected chi connectivity index (χ0v) is 8.70. The maximum absolute atomic E-state index is 10.3. The van der Waals surface area contributed by atoms with Crippen LogP contribution in [0, 0.1) is 0 Å². The van der Waals surface area contributed by atoms with Crippen LogP contribution in [-0.2, 0) is 11.2 Å². The first-order valence-corrected chi connectivity index (χ1v) is 5.14. The molecule has 0 aromatic carbocycles. The predicted octanol–water partition coefficient (Wildman–Crippen LogP) is 0.922. The normalized spacial score (nSPS) is 10.8. The van der Waals surface area contributed by atoms with Gasteiger partial charge < -0.3 is 5.11 Å². The van der Waals surface area contributed by atoms with Crippen LogP contribution in [0.15, 0.2) is 18.5 Å². The Morgan fingerprint density at radius 3 is 3.06 bits per heavy atom. The van der Waals surface area contributed by atoms with Crippen LogP contribution in [0.5, 0.6) is 0 Å². The highest BCUT2D eigenvalue weighted by Crippen LogP contribution is 2.05. The van der Waals surface area contributed by atoms with E-state index in [9.17, 15) is 4.79 Å². The van der Waals surface area contributed by atoms with Crippen molar-refractivity contribution in [3.63, 3.8) is 0 Å². The van der Waals surface area contributed by atoms with Gasteiger partial charge in [-0.25, -0.2) is 4.98 Å². The van der Waals surface area contributed by atoms with E-state index in [1.54, 1.807) is 6.20 Å². The zero-order valence-electron chi connectivity index (χ0n) is 8.70. The standard InChI is InChI=1S/C10H12N4O2/c15-9(16)5-2-1-4-8-12-13-10-11-6-3-7-14(8)10/h3,6-7H,1-2,4-5H2,(H,15,16). The highest BCUT2D eigenvalue weighted by molar-refractivity contribution is 5.66. The fraction of sp³-hybridized carbons (Fsp3) is 0.400. The minimum absolute atomic E-state index is 0.203. The van der Waals surface area contributed by atoms with Crippen molar-refractivity contribution in [2.24, 2.45) is 0 Å². The van der Waals surface area contributed by atoms with Crippen LogP contribution < -0.4 is 0 Å². The number of carbonyl (C=O) groups is 1. The lowest BCUT2D eigenvalue weighted by molar-refractivity contribution is -0.137. The van der Waals surface area contributed by atoms with Crippen LogP contribution >= 0.6 is 0 Å². The number of aliphatic carboxylic acids is 1. The number of nitrogens with zero attached hydrogens (tertiary/aromatic N) is 4. The third kappa shape index (κ3) is 2.33. The number of fused-ring (bicyclic) bond motifs is 1. The van der Waals surface area contributed by atoms with Crippen molar-refractivity contribution < 1.29 is 9.90 Å². The van der Waals surface area contributed by atoms with Gasteiger partial charge in [-0.3, -0.25) is 9.20 Å². The van der Waals surface area contributed by atoms with Gasteiger partial charge in [0.2, 0.25) is 0 Å². The summed E-state index contributed by atoms with van der Waals surface area (Å²) in [6.07, 6.45) is 5.90. The summed E-state index contributed by atoms with van der Waals surface area (Å²) >= 11 is 0. The first kappa shape index (κ1) is 10.5. The largest absolute Gasteiger partial charge is 0.481 e. The number of aromatic nitrogens is 4. The average Bonchev–Trinajstić information content (AvgIpc) is 2.68. The molecule has 0 saturated heterocycles. The van der Waals surface area contributed by atoms with Crippen LogP contribution in [0.2, 0.25) is 0 Å². The van der Waals surface area contributed by atoms with E-state index in [0.717, 1.165) is 18.7 Å². The molecular formula is C10H12N4O2. The van der Waals surface area contributed by atoms with E-state index in [1.165, 1.54) is 0 Å². The molecule has 0 radical (unpaired) electrons. The van der Waals surface area contributed by atoms with Crippen molar-refractivity contribution in [3.05, 3.63) is 24.3 Å². The topological polar surface area (TPSA) is 80.4 Å². The maximum atomic E-state index is 10.3. The number of carboxylic acid groups (broad SMARTS) is 1. The first-order valence-electron chi connectivity index (χ1n) is 5.14. The predicted molar refractivity (Wildman–Crippen MR) is 56.0 cm³/mol. The van der Waals surface area contributed by atoms with E-state index in [2.05, 4.69) is 15.2 Å². The van der Waals surface area contributed by atoms with E-state index in [4.69, 9.17) is 5.11 Å². The van der Waals surface area contributed by atoms with E-state index in [0.29, 0.717) is 12.2 Å². The molecule has 0 aliphatic rings. The number of carboxylic acids is 1. The van der Waals surface area contributed by atoms with Gasteiger partial charge in [0.05, 0.1) is 0 Å². The molecule has 6 nitrogen and oxygen atoms in total. The molecule has 1 N–H and O–H groups in total. The fourth-order valence-electron chi connectivity index (χ4n) is 1.52. The maximum Gasteiger partial charge on any atom is 0.303 e. The zero-order chi connectivity index (χ0) is 11.4. The Balaban J connectivity index is 1.97. The lowest BCUT2D eigenvalue weighted by Gasteiger charge is -1.98. The summed E-state index contributed by atoms with van der Waals surface area (Å²) in [6, 6.07) is 1.82. The Morgan fingerprint density at radius 2 is 2.25 bits per heavy atom. The van der Waals surface area contributed by atoms with Gasteiger partial charge in [-0.1, -0.05) is 0 Å². The molecule has 2 rings (SSSR count). The fourth-order valence-corrected chi connectivity index (χ4v) is 1.52. The Bertz CT molecular complexity index is 494. The number of rotatable bonds is 5. The third-order valence-electron chi connectivity index (χ3n) is 2.30. The van der Waals surface area contributed by atoms with Gasteiger partial charge >= 0.3 is 5.97 Å². The highest BCUT2D eigenvalue weighted by Gasteiger charge is 2.05. The number of aryl methyl sites for hydroxylation is 1. The van der Waals surface area contributed by atoms with Gasteiger partial charge in [0, 0.05) is 25.2 Å². The van der Waals surface area contributed by atoms with Crippen molar-refractivity contribution in [2.75, 3.05) is 0 Å². The second kappa shape index (κ2) is 4.69. The van der Waals surface area contributed by atoms with Crippen molar-refractivity contribution in [1.82, 2.24) is 19.6 Å². The molecule has 0 fully saturated rings. The monoisotopic (exact) mass is 220 g/mol. The number of hydrogen-bond donors (Lipinski definition) is 1. The molecule has 84 valence electrons. The van der Waals surface area contributed by atoms with Crippen molar-refractivity contribution in [1.29, 1.82) is 0 Å². The number of unbranched alkanes of at least 4 members (excludes halogenated alkanes) is 1. The minimum atomic E-state index is -0.757. The summed E-state index contributed by atoms with van der Waals surface area (Å²) < 4.78 is 1.82. The van der Waals surface area contributed by atoms with E-state index in [-0.39, 0.29) is 6.42 Å². The second-order valence-corrected chi connectivity index (χ2v) is 3.51. The van der Waals surface area contributed by atoms with Crippen LogP contribution in [-0.4, -0.2) is 30.7 Å². The van der Waals surface area contributed by atoms with Crippen molar-refractivity contribution in [3.8, 4) is 0 Å². The summed E-state index contributed by atoms with van der Waals surface area (Å²) in [5.41, 5.74) is 0. The summed E-state index contributed by atoms with van der Waals surface area (Å²) in [6.45, 7) is 0. The Labute approximate surface area is 92.0 Å². The summed E-state index contributed by atoms with van der Waals surface area (Å²) in [5, 5.41) is 16.4. The van der Waals surface area contributed by atoms with Crippen LogP contribution in [0.4, 0.5) is 0 Å². The second-order valence-electron chi connectivity index (χ2n) is 3.51. The van der Waals surface area contributed by atoms with Crippen molar-refractivity contribution in [2.45, 2.75) is 25.7 Å². The highest BCUT2D eigenvalue weighted by atomic mass is 16.4. The molecule has 0 spiro atoms. The summed E-state index contributed by atoms with van der Waals surface area (Å²) in [7, 11) is 0. The van der Waals surface area contributed by atoms with Gasteiger partial charge in [-0.15, -0.1) is 10.2 Å². The third-order valence-corrected chi connectivity index (χ3v) is 2.30. The Morgan fingerprint density at radius 1 is 1.38 bits per heavy atom. The van der Waals surface area contributed by atoms with E-state index >= 15 is 0 Å². The van der Waals surface area contributed by atoms with Gasteiger partial charge in [0.25, 0.3) is 5.78 Å². The van der Waals surface area contributed by atoms with E-state index < -0.39 is 5.97 Å². The molecule has 0 bridgehead atoms. The molecule has 2 heterocycles. The molecule has 0 aliphatic carbocycles.